The molecule has 0 atom stereocenters. The fourth-order valence-corrected chi connectivity index (χ4v) is 1.71. The van der Waals surface area contributed by atoms with Gasteiger partial charge in [-0.3, -0.25) is 14.5 Å². The maximum atomic E-state index is 12.2. The molecule has 0 amide bonds. The van der Waals surface area contributed by atoms with Crippen LogP contribution in [0.25, 0.3) is 0 Å². The van der Waals surface area contributed by atoms with E-state index < -0.39 is 0 Å². The van der Waals surface area contributed by atoms with Gasteiger partial charge < -0.3 is 0 Å². The number of carbonyl (C=O) groups is 1. The van der Waals surface area contributed by atoms with Gasteiger partial charge in [0.1, 0.15) is 11.4 Å². The molecule has 0 bridgehead atoms. The van der Waals surface area contributed by atoms with E-state index in [1.54, 1.807) is 29.2 Å². The highest BCUT2D eigenvalue weighted by Crippen LogP contribution is 2.09. The van der Waals surface area contributed by atoms with Crippen LogP contribution in [0, 0.1) is 6.92 Å². The number of carbonyl (C=O) groups excluding carboxylic acids is 1. The Morgan fingerprint density at radius 1 is 1.35 bits per heavy atom. The zero-order valence-electron chi connectivity index (χ0n) is 10.1. The summed E-state index contributed by atoms with van der Waals surface area (Å²) in [7, 11) is 0. The van der Waals surface area contributed by atoms with Crippen LogP contribution < -0.4 is 0 Å². The Morgan fingerprint density at radius 3 is 2.88 bits per heavy atom. The van der Waals surface area contributed by atoms with Crippen molar-refractivity contribution in [2.24, 2.45) is 0 Å². The molecule has 0 aliphatic rings. The molecule has 0 fully saturated rings. The van der Waals surface area contributed by atoms with Crippen LogP contribution in [0.3, 0.4) is 0 Å². The Kier molecular flexibility index (Phi) is 3.32. The van der Waals surface area contributed by atoms with Gasteiger partial charge in [-0.05, 0) is 37.1 Å². The topological polar surface area (TPSA) is 47.8 Å². The summed E-state index contributed by atoms with van der Waals surface area (Å²) >= 11 is 0. The molecular weight excluding hydrogens is 214 g/mol. The zero-order chi connectivity index (χ0) is 12.3. The maximum Gasteiger partial charge on any atom is 0.229 e. The lowest BCUT2D eigenvalue weighted by Gasteiger charge is -2.05. The van der Waals surface area contributed by atoms with Gasteiger partial charge in [-0.1, -0.05) is 6.92 Å². The van der Waals surface area contributed by atoms with Crippen molar-refractivity contribution in [3.8, 4) is 0 Å². The quantitative estimate of drug-likeness (QED) is 0.755. The number of ketones is 1. The molecule has 0 saturated heterocycles. The van der Waals surface area contributed by atoms with Crippen molar-refractivity contribution in [2.75, 3.05) is 0 Å². The number of aromatic nitrogens is 3. The predicted molar refractivity (Wildman–Crippen MR) is 64.9 cm³/mol. The molecule has 17 heavy (non-hydrogen) atoms. The fourth-order valence-electron chi connectivity index (χ4n) is 1.71. The summed E-state index contributed by atoms with van der Waals surface area (Å²) in [4.78, 5) is 16.3. The molecule has 0 spiro atoms. The summed E-state index contributed by atoms with van der Waals surface area (Å²) in [6, 6.07) is 5.41. The maximum absolute atomic E-state index is 12.2. The van der Waals surface area contributed by atoms with Crippen molar-refractivity contribution in [3.63, 3.8) is 0 Å². The lowest BCUT2D eigenvalue weighted by molar-refractivity contribution is 0.102. The second kappa shape index (κ2) is 4.91. The molecule has 88 valence electrons. The summed E-state index contributed by atoms with van der Waals surface area (Å²) in [5.74, 6) is -0.0698. The van der Waals surface area contributed by atoms with Gasteiger partial charge in [-0.15, -0.1) is 0 Å². The molecule has 4 nitrogen and oxygen atoms in total. The monoisotopic (exact) mass is 229 g/mol. The smallest absolute Gasteiger partial charge is 0.229 e. The van der Waals surface area contributed by atoms with Gasteiger partial charge in [-0.25, -0.2) is 0 Å². The fraction of sp³-hybridized carbons (Fsp3) is 0.308. The molecule has 0 unspecified atom stereocenters. The van der Waals surface area contributed by atoms with E-state index in [1.165, 1.54) is 0 Å². The van der Waals surface area contributed by atoms with Crippen LogP contribution in [0.15, 0.2) is 30.6 Å². The number of rotatable bonds is 4. The normalized spacial score (nSPS) is 10.5. The van der Waals surface area contributed by atoms with Crippen molar-refractivity contribution in [1.82, 2.24) is 14.8 Å². The zero-order valence-corrected chi connectivity index (χ0v) is 10.1. The summed E-state index contributed by atoms with van der Waals surface area (Å²) in [6.45, 7) is 4.75. The molecule has 2 heterocycles. The van der Waals surface area contributed by atoms with Gasteiger partial charge in [-0.2, -0.15) is 5.10 Å². The van der Waals surface area contributed by atoms with Gasteiger partial charge in [0.15, 0.2) is 0 Å². The highest BCUT2D eigenvalue weighted by Gasteiger charge is 2.15. The number of hydrogen-bond acceptors (Lipinski definition) is 3. The van der Waals surface area contributed by atoms with Crippen molar-refractivity contribution in [3.05, 3.63) is 47.5 Å². The summed E-state index contributed by atoms with van der Waals surface area (Å²) in [5.41, 5.74) is 2.11. The molecule has 0 aromatic carbocycles. The molecule has 0 aliphatic heterocycles. The van der Waals surface area contributed by atoms with E-state index in [9.17, 15) is 4.79 Å². The first-order valence-electron chi connectivity index (χ1n) is 5.71. The minimum absolute atomic E-state index is 0.0698. The third-order valence-corrected chi connectivity index (χ3v) is 2.53. The van der Waals surface area contributed by atoms with Gasteiger partial charge in [0.2, 0.25) is 5.78 Å². The van der Waals surface area contributed by atoms with E-state index >= 15 is 0 Å². The van der Waals surface area contributed by atoms with Crippen LogP contribution in [0.4, 0.5) is 0 Å². The Balaban J connectivity index is 2.33. The first kappa shape index (κ1) is 11.5. The van der Waals surface area contributed by atoms with Crippen LogP contribution >= 0.6 is 0 Å². The molecule has 0 radical (unpaired) electrons. The standard InChI is InChI=1S/C13H15N3O/c1-3-8-16-12(5-7-15-16)13(17)11-9-10(2)4-6-14-11/h4-7,9H,3,8H2,1-2H3. The molecule has 0 saturated carbocycles. The second-order valence-corrected chi connectivity index (χ2v) is 3.99. The summed E-state index contributed by atoms with van der Waals surface area (Å²) in [5, 5.41) is 4.14. The van der Waals surface area contributed by atoms with Crippen molar-refractivity contribution in [2.45, 2.75) is 26.8 Å². The second-order valence-electron chi connectivity index (χ2n) is 3.99. The van der Waals surface area contributed by atoms with Crippen LogP contribution in [0.1, 0.15) is 35.1 Å². The first-order valence-corrected chi connectivity index (χ1v) is 5.71. The SMILES string of the molecule is CCCn1nccc1C(=O)c1cc(C)ccn1. The number of pyridine rings is 1. The first-order chi connectivity index (χ1) is 8.22. The largest absolute Gasteiger partial charge is 0.285 e. The molecular formula is C13H15N3O. The number of aryl methyl sites for hydroxylation is 2. The molecule has 4 heteroatoms. The Hall–Kier alpha value is -1.97. The molecule has 2 rings (SSSR count). The van der Waals surface area contributed by atoms with Crippen molar-refractivity contribution in [1.29, 1.82) is 0 Å². The highest BCUT2D eigenvalue weighted by atomic mass is 16.1. The van der Waals surface area contributed by atoms with E-state index in [2.05, 4.69) is 17.0 Å². The van der Waals surface area contributed by atoms with Gasteiger partial charge in [0.05, 0.1) is 0 Å². The van der Waals surface area contributed by atoms with Crippen LogP contribution in [-0.4, -0.2) is 20.5 Å². The number of nitrogens with zero attached hydrogens (tertiary/aromatic N) is 3. The average molecular weight is 229 g/mol. The molecule has 2 aromatic heterocycles. The van der Waals surface area contributed by atoms with Crippen molar-refractivity contribution < 1.29 is 4.79 Å². The Morgan fingerprint density at radius 2 is 2.18 bits per heavy atom. The average Bonchev–Trinajstić information content (AvgIpc) is 2.77. The third-order valence-electron chi connectivity index (χ3n) is 2.53. The number of hydrogen-bond donors (Lipinski definition) is 0. The van der Waals surface area contributed by atoms with Gasteiger partial charge in [0.25, 0.3) is 0 Å². The lowest BCUT2D eigenvalue weighted by Crippen LogP contribution is -2.12. The molecule has 0 N–H and O–H groups in total. The minimum Gasteiger partial charge on any atom is -0.285 e. The lowest BCUT2D eigenvalue weighted by atomic mass is 10.1. The van der Waals surface area contributed by atoms with Gasteiger partial charge >= 0.3 is 0 Å². The van der Waals surface area contributed by atoms with Gasteiger partial charge in [0, 0.05) is 18.9 Å². The predicted octanol–water partition coefficient (Wildman–Crippen LogP) is 2.23. The Labute approximate surface area is 100 Å². The van der Waals surface area contributed by atoms with E-state index in [1.807, 2.05) is 13.0 Å². The minimum atomic E-state index is -0.0698. The summed E-state index contributed by atoms with van der Waals surface area (Å²) < 4.78 is 1.73. The van der Waals surface area contributed by atoms with E-state index in [0.29, 0.717) is 11.4 Å². The van der Waals surface area contributed by atoms with E-state index in [0.717, 1.165) is 18.5 Å². The third kappa shape index (κ3) is 2.41. The van der Waals surface area contributed by atoms with Crippen LogP contribution in [-0.2, 0) is 6.54 Å². The van der Waals surface area contributed by atoms with Crippen molar-refractivity contribution >= 4 is 5.78 Å². The Bertz CT molecular complexity index is 531. The molecule has 2 aromatic rings. The van der Waals surface area contributed by atoms with Crippen LogP contribution in [0.2, 0.25) is 0 Å². The van der Waals surface area contributed by atoms with E-state index in [-0.39, 0.29) is 5.78 Å². The van der Waals surface area contributed by atoms with E-state index in [4.69, 9.17) is 0 Å². The molecule has 0 aliphatic carbocycles. The highest BCUT2D eigenvalue weighted by molar-refractivity contribution is 6.06. The van der Waals surface area contributed by atoms with Crippen LogP contribution in [0.5, 0.6) is 0 Å². The summed E-state index contributed by atoms with van der Waals surface area (Å²) in [6.07, 6.45) is 4.25.